The van der Waals surface area contributed by atoms with Crippen LogP contribution in [0.3, 0.4) is 0 Å². The fourth-order valence-electron chi connectivity index (χ4n) is 3.54. The second-order valence-electron chi connectivity index (χ2n) is 8.00. The van der Waals surface area contributed by atoms with E-state index < -0.39 is 36.4 Å². The Bertz CT molecular complexity index is 965. The Morgan fingerprint density at radius 2 is 1.74 bits per heavy atom. The van der Waals surface area contributed by atoms with Crippen LogP contribution in [-0.2, 0) is 25.5 Å². The third-order valence-electron chi connectivity index (χ3n) is 5.52. The topological polar surface area (TPSA) is 134 Å². The molecule has 3 atom stereocenters. The average molecular weight is 473 g/mol. The normalized spacial score (nSPS) is 13.4. The molecule has 0 saturated heterocycles. The second kappa shape index (κ2) is 13.2. The highest BCUT2D eigenvalue weighted by molar-refractivity contribution is 5.90. The monoisotopic (exact) mass is 472 g/mol. The number of phenolic OH excluding ortho intramolecular Hbond substituents is 1. The molecule has 4 N–H and O–H groups in total. The van der Waals surface area contributed by atoms with E-state index in [1.807, 2.05) is 43.3 Å². The summed E-state index contributed by atoms with van der Waals surface area (Å²) < 4.78 is 9.87. The molecule has 0 aliphatic carbocycles. The number of carbonyl (C=O) groups excluding carboxylic acids is 2. The van der Waals surface area contributed by atoms with Crippen LogP contribution in [0.15, 0.2) is 48.5 Å². The van der Waals surface area contributed by atoms with E-state index in [-0.39, 0.29) is 18.1 Å². The minimum atomic E-state index is -1.14. The SMILES string of the molecule is COC(=O)[C@H](Cc1ccccc1)NC(=O)[C@H](CC(=O)O)NCCC(C)c1ccc(OC)c(O)c1. The first-order chi connectivity index (χ1) is 16.2. The molecule has 0 saturated carbocycles. The van der Waals surface area contributed by atoms with Crippen LogP contribution in [0.4, 0.5) is 0 Å². The molecule has 0 radical (unpaired) electrons. The summed E-state index contributed by atoms with van der Waals surface area (Å²) in [5.74, 6) is -1.90. The van der Waals surface area contributed by atoms with E-state index in [2.05, 4.69) is 10.6 Å². The zero-order valence-corrected chi connectivity index (χ0v) is 19.6. The lowest BCUT2D eigenvalue weighted by atomic mass is 9.97. The van der Waals surface area contributed by atoms with Crippen LogP contribution in [0.25, 0.3) is 0 Å². The Labute approximate surface area is 199 Å². The number of esters is 1. The Balaban J connectivity index is 2.01. The van der Waals surface area contributed by atoms with Crippen molar-refractivity contribution in [1.82, 2.24) is 10.6 Å². The van der Waals surface area contributed by atoms with Gasteiger partial charge in [-0.25, -0.2) is 4.79 Å². The van der Waals surface area contributed by atoms with Gasteiger partial charge in [-0.3, -0.25) is 9.59 Å². The molecule has 34 heavy (non-hydrogen) atoms. The molecular formula is C25H32N2O7. The Kier molecular flexibility index (Phi) is 10.3. The van der Waals surface area contributed by atoms with Gasteiger partial charge in [-0.2, -0.15) is 0 Å². The fraction of sp³-hybridized carbons (Fsp3) is 0.400. The number of carboxylic acids is 1. The Morgan fingerprint density at radius 3 is 2.32 bits per heavy atom. The molecular weight excluding hydrogens is 440 g/mol. The minimum Gasteiger partial charge on any atom is -0.504 e. The van der Waals surface area contributed by atoms with Gasteiger partial charge in [0, 0.05) is 6.42 Å². The lowest BCUT2D eigenvalue weighted by molar-refractivity contribution is -0.145. The van der Waals surface area contributed by atoms with Crippen molar-refractivity contribution >= 4 is 17.8 Å². The standard InChI is InChI=1S/C25H32N2O7/c1-16(18-9-10-22(33-2)21(28)14-18)11-12-26-19(15-23(29)30)24(31)27-20(25(32)34-3)13-17-7-5-4-6-8-17/h4-10,14,16,19-20,26,28H,11-13,15H2,1-3H3,(H,27,31)(H,29,30)/t16?,19-,20-/m0/s1. The van der Waals surface area contributed by atoms with Crippen molar-refractivity contribution in [2.24, 2.45) is 0 Å². The predicted octanol–water partition coefficient (Wildman–Crippen LogP) is 2.23. The van der Waals surface area contributed by atoms with Gasteiger partial charge in [-0.1, -0.05) is 43.3 Å². The molecule has 184 valence electrons. The molecule has 0 spiro atoms. The summed E-state index contributed by atoms with van der Waals surface area (Å²) in [6, 6.07) is 12.3. The number of carboxylic acid groups (broad SMARTS) is 1. The van der Waals surface area contributed by atoms with E-state index in [0.29, 0.717) is 18.7 Å². The van der Waals surface area contributed by atoms with Crippen molar-refractivity contribution in [3.63, 3.8) is 0 Å². The third-order valence-corrected chi connectivity index (χ3v) is 5.52. The Hall–Kier alpha value is -3.59. The molecule has 2 rings (SSSR count). The summed E-state index contributed by atoms with van der Waals surface area (Å²) in [5, 5.41) is 24.9. The summed E-state index contributed by atoms with van der Waals surface area (Å²) in [6.07, 6.45) is 0.361. The van der Waals surface area contributed by atoms with Crippen LogP contribution in [-0.4, -0.2) is 60.9 Å². The van der Waals surface area contributed by atoms with E-state index in [1.54, 1.807) is 12.1 Å². The molecule has 0 heterocycles. The zero-order chi connectivity index (χ0) is 25.1. The molecule has 9 nitrogen and oxygen atoms in total. The summed E-state index contributed by atoms with van der Waals surface area (Å²) in [4.78, 5) is 36.4. The van der Waals surface area contributed by atoms with Gasteiger partial charge >= 0.3 is 11.9 Å². The van der Waals surface area contributed by atoms with E-state index in [4.69, 9.17) is 9.47 Å². The van der Waals surface area contributed by atoms with Gasteiger partial charge in [0.05, 0.1) is 26.7 Å². The quantitative estimate of drug-likeness (QED) is 0.326. The number of hydrogen-bond donors (Lipinski definition) is 4. The second-order valence-corrected chi connectivity index (χ2v) is 8.00. The number of methoxy groups -OCH3 is 2. The first-order valence-electron chi connectivity index (χ1n) is 11.0. The predicted molar refractivity (Wildman–Crippen MR) is 126 cm³/mol. The van der Waals surface area contributed by atoms with Gasteiger partial charge in [-0.05, 0) is 42.1 Å². The smallest absolute Gasteiger partial charge is 0.328 e. The number of amides is 1. The number of phenols is 1. The van der Waals surface area contributed by atoms with Gasteiger partial charge in [0.2, 0.25) is 5.91 Å². The number of aliphatic carboxylic acids is 1. The van der Waals surface area contributed by atoms with Gasteiger partial charge in [0.1, 0.15) is 6.04 Å². The molecule has 9 heteroatoms. The first kappa shape index (κ1) is 26.7. The summed E-state index contributed by atoms with van der Waals surface area (Å²) in [6.45, 7) is 2.31. The van der Waals surface area contributed by atoms with Crippen molar-refractivity contribution in [1.29, 1.82) is 0 Å². The maximum absolute atomic E-state index is 12.9. The molecule has 2 aromatic rings. The van der Waals surface area contributed by atoms with Crippen molar-refractivity contribution in [2.45, 2.75) is 44.2 Å². The van der Waals surface area contributed by atoms with Crippen molar-refractivity contribution < 1.29 is 34.1 Å². The first-order valence-corrected chi connectivity index (χ1v) is 11.0. The summed E-state index contributed by atoms with van der Waals surface area (Å²) in [5.41, 5.74) is 1.71. The van der Waals surface area contributed by atoms with Crippen molar-refractivity contribution in [2.75, 3.05) is 20.8 Å². The van der Waals surface area contributed by atoms with Gasteiger partial charge in [-0.15, -0.1) is 0 Å². The maximum Gasteiger partial charge on any atom is 0.328 e. The number of benzene rings is 2. The number of aromatic hydroxyl groups is 1. The van der Waals surface area contributed by atoms with E-state index >= 15 is 0 Å². The minimum absolute atomic E-state index is 0.0266. The van der Waals surface area contributed by atoms with Gasteiger partial charge in [0.15, 0.2) is 11.5 Å². The molecule has 1 unspecified atom stereocenters. The van der Waals surface area contributed by atoms with Crippen molar-refractivity contribution in [3.8, 4) is 11.5 Å². The molecule has 0 fully saturated rings. The molecule has 1 amide bonds. The highest BCUT2D eigenvalue weighted by Gasteiger charge is 2.28. The van der Waals surface area contributed by atoms with Crippen LogP contribution in [0.2, 0.25) is 0 Å². The van der Waals surface area contributed by atoms with Crippen LogP contribution >= 0.6 is 0 Å². The number of ether oxygens (including phenoxy) is 2. The lowest BCUT2D eigenvalue weighted by Crippen LogP contribution is -2.52. The fourth-order valence-corrected chi connectivity index (χ4v) is 3.54. The molecule has 0 aromatic heterocycles. The molecule has 0 aliphatic heterocycles. The third kappa shape index (κ3) is 8.08. The number of hydrogen-bond acceptors (Lipinski definition) is 7. The molecule has 0 bridgehead atoms. The number of nitrogens with one attached hydrogen (secondary N) is 2. The van der Waals surface area contributed by atoms with Crippen molar-refractivity contribution in [3.05, 3.63) is 59.7 Å². The lowest BCUT2D eigenvalue weighted by Gasteiger charge is -2.22. The molecule has 2 aromatic carbocycles. The Morgan fingerprint density at radius 1 is 1.03 bits per heavy atom. The van der Waals surface area contributed by atoms with Crippen LogP contribution in [0.1, 0.15) is 36.8 Å². The average Bonchev–Trinajstić information content (AvgIpc) is 2.82. The maximum atomic E-state index is 12.9. The highest BCUT2D eigenvalue weighted by Crippen LogP contribution is 2.30. The molecule has 0 aliphatic rings. The van der Waals surface area contributed by atoms with E-state index in [1.165, 1.54) is 14.2 Å². The van der Waals surface area contributed by atoms with Gasteiger partial charge < -0.3 is 30.3 Å². The zero-order valence-electron chi connectivity index (χ0n) is 19.6. The van der Waals surface area contributed by atoms with E-state index in [9.17, 15) is 24.6 Å². The number of rotatable bonds is 13. The summed E-state index contributed by atoms with van der Waals surface area (Å²) in [7, 11) is 2.71. The summed E-state index contributed by atoms with van der Waals surface area (Å²) >= 11 is 0. The highest BCUT2D eigenvalue weighted by atomic mass is 16.5. The van der Waals surface area contributed by atoms with E-state index in [0.717, 1.165) is 11.1 Å². The largest absolute Gasteiger partial charge is 0.504 e. The van der Waals surface area contributed by atoms with Gasteiger partial charge in [0.25, 0.3) is 0 Å². The van der Waals surface area contributed by atoms with Crippen LogP contribution in [0, 0.1) is 0 Å². The van der Waals surface area contributed by atoms with Crippen LogP contribution in [0.5, 0.6) is 11.5 Å². The van der Waals surface area contributed by atoms with Crippen LogP contribution < -0.4 is 15.4 Å². The number of carbonyl (C=O) groups is 3.